The molecule has 1 aliphatic heterocycles. The predicted molar refractivity (Wildman–Crippen MR) is 97.9 cm³/mol. The van der Waals surface area contributed by atoms with Gasteiger partial charge in [-0.25, -0.2) is 0 Å². The average Bonchev–Trinajstić information content (AvgIpc) is 2.64. The molecule has 0 aromatic rings. The van der Waals surface area contributed by atoms with Crippen LogP contribution in [0.4, 0.5) is 0 Å². The number of hydrogen-bond donors (Lipinski definition) is 0. The van der Waals surface area contributed by atoms with Gasteiger partial charge in [0, 0.05) is 19.1 Å². The SMILES string of the molecule is C1=C\CCCC(N2CCCCC/C=N/CCC2)CCCCC/1. The van der Waals surface area contributed by atoms with Crippen LogP contribution in [-0.2, 0) is 0 Å². The Labute approximate surface area is 138 Å². The molecule has 0 saturated heterocycles. The second kappa shape index (κ2) is 11.9. The van der Waals surface area contributed by atoms with Crippen molar-refractivity contribution < 1.29 is 0 Å². The maximum Gasteiger partial charge on any atom is 0.0397 e. The summed E-state index contributed by atoms with van der Waals surface area (Å²) in [5, 5.41) is 0. The van der Waals surface area contributed by atoms with Gasteiger partial charge in [-0.3, -0.25) is 4.99 Å². The molecule has 2 rings (SSSR count). The zero-order valence-electron chi connectivity index (χ0n) is 14.5. The zero-order chi connectivity index (χ0) is 15.3. The number of aliphatic imine (C=N–C) groups is 1. The second-order valence-electron chi connectivity index (χ2n) is 7.02. The Morgan fingerprint density at radius 2 is 1.41 bits per heavy atom. The van der Waals surface area contributed by atoms with Gasteiger partial charge >= 0.3 is 0 Å². The number of hydrogen-bond acceptors (Lipinski definition) is 2. The van der Waals surface area contributed by atoms with Crippen molar-refractivity contribution in [2.45, 2.75) is 89.5 Å². The number of rotatable bonds is 1. The van der Waals surface area contributed by atoms with Crippen LogP contribution in [0.25, 0.3) is 0 Å². The lowest BCUT2D eigenvalue weighted by atomic mass is 10.00. The molecule has 2 aliphatic rings. The van der Waals surface area contributed by atoms with Crippen molar-refractivity contribution in [1.82, 2.24) is 4.90 Å². The maximum absolute atomic E-state index is 4.57. The smallest absolute Gasteiger partial charge is 0.0397 e. The average molecular weight is 305 g/mol. The second-order valence-corrected chi connectivity index (χ2v) is 7.02. The first-order chi connectivity index (χ1) is 11.0. The Balaban J connectivity index is 1.87. The highest BCUT2D eigenvalue weighted by atomic mass is 15.1. The van der Waals surface area contributed by atoms with Gasteiger partial charge in [0.1, 0.15) is 0 Å². The number of allylic oxidation sites excluding steroid dienone is 2. The van der Waals surface area contributed by atoms with E-state index in [9.17, 15) is 0 Å². The fourth-order valence-corrected chi connectivity index (χ4v) is 3.79. The van der Waals surface area contributed by atoms with Crippen LogP contribution in [0, 0.1) is 0 Å². The van der Waals surface area contributed by atoms with E-state index in [0.29, 0.717) is 0 Å². The summed E-state index contributed by atoms with van der Waals surface area (Å²) in [5.74, 6) is 0. The van der Waals surface area contributed by atoms with Crippen molar-refractivity contribution in [3.8, 4) is 0 Å². The van der Waals surface area contributed by atoms with Crippen LogP contribution < -0.4 is 0 Å². The molecule has 2 nitrogen and oxygen atoms in total. The van der Waals surface area contributed by atoms with Gasteiger partial charge in [-0.05, 0) is 77.0 Å². The summed E-state index contributed by atoms with van der Waals surface area (Å²) < 4.78 is 0. The molecule has 126 valence electrons. The van der Waals surface area contributed by atoms with Crippen LogP contribution in [0.15, 0.2) is 17.1 Å². The lowest BCUT2D eigenvalue weighted by Crippen LogP contribution is -2.37. The molecule has 0 bridgehead atoms. The molecule has 1 heterocycles. The first-order valence-corrected chi connectivity index (χ1v) is 9.84. The van der Waals surface area contributed by atoms with E-state index < -0.39 is 0 Å². The van der Waals surface area contributed by atoms with E-state index in [0.717, 1.165) is 12.6 Å². The molecule has 0 N–H and O–H groups in total. The summed E-state index contributed by atoms with van der Waals surface area (Å²) in [5.41, 5.74) is 0. The van der Waals surface area contributed by atoms with E-state index >= 15 is 0 Å². The third kappa shape index (κ3) is 7.58. The fourth-order valence-electron chi connectivity index (χ4n) is 3.79. The van der Waals surface area contributed by atoms with E-state index in [4.69, 9.17) is 0 Å². The Bertz CT molecular complexity index is 290. The Hall–Kier alpha value is -0.630. The van der Waals surface area contributed by atoms with Gasteiger partial charge in [-0.1, -0.05) is 31.4 Å². The molecular weight excluding hydrogens is 268 g/mol. The van der Waals surface area contributed by atoms with Gasteiger partial charge in [0.15, 0.2) is 0 Å². The standard InChI is InChI=1S/C20H36N2/c1-2-4-6-10-15-20(14-9-5-3-1)22-18-12-8-7-11-16-21-17-13-19-22/h1,3,16,20H,2,4-15,17-19H2/b3-1-,21-16+. The minimum atomic E-state index is 0.830. The maximum atomic E-state index is 4.57. The molecular formula is C20H36N2. The van der Waals surface area contributed by atoms with Crippen LogP contribution in [-0.4, -0.2) is 36.8 Å². The van der Waals surface area contributed by atoms with Crippen LogP contribution in [0.3, 0.4) is 0 Å². The molecule has 1 aliphatic carbocycles. The molecule has 0 radical (unpaired) electrons. The normalized spacial score (nSPS) is 30.6. The van der Waals surface area contributed by atoms with Gasteiger partial charge in [-0.2, -0.15) is 0 Å². The summed E-state index contributed by atoms with van der Waals surface area (Å²) in [6.07, 6.45) is 24.5. The van der Waals surface area contributed by atoms with Crippen LogP contribution in [0.1, 0.15) is 83.5 Å². The molecule has 1 unspecified atom stereocenters. The van der Waals surface area contributed by atoms with E-state index in [1.165, 1.54) is 96.6 Å². The molecule has 2 heteroatoms. The molecule has 0 spiro atoms. The summed E-state index contributed by atoms with van der Waals surface area (Å²) in [7, 11) is 0. The van der Waals surface area contributed by atoms with E-state index in [1.54, 1.807) is 0 Å². The van der Waals surface area contributed by atoms with Crippen LogP contribution in [0.5, 0.6) is 0 Å². The first kappa shape index (κ1) is 17.7. The van der Waals surface area contributed by atoms with E-state index in [1.807, 2.05) is 0 Å². The Morgan fingerprint density at radius 3 is 2.36 bits per heavy atom. The minimum Gasteiger partial charge on any atom is -0.300 e. The Morgan fingerprint density at radius 1 is 0.682 bits per heavy atom. The molecule has 0 fully saturated rings. The van der Waals surface area contributed by atoms with E-state index in [2.05, 4.69) is 28.3 Å². The van der Waals surface area contributed by atoms with E-state index in [-0.39, 0.29) is 0 Å². The summed E-state index contributed by atoms with van der Waals surface area (Å²) in [6.45, 7) is 3.62. The van der Waals surface area contributed by atoms with Gasteiger partial charge in [0.05, 0.1) is 0 Å². The first-order valence-electron chi connectivity index (χ1n) is 9.84. The highest BCUT2D eigenvalue weighted by molar-refractivity contribution is 5.56. The molecule has 0 saturated carbocycles. The van der Waals surface area contributed by atoms with Crippen molar-refractivity contribution in [3.05, 3.63) is 12.2 Å². The van der Waals surface area contributed by atoms with Crippen molar-refractivity contribution in [2.75, 3.05) is 19.6 Å². The third-order valence-corrected chi connectivity index (χ3v) is 5.14. The van der Waals surface area contributed by atoms with Gasteiger partial charge in [0.25, 0.3) is 0 Å². The van der Waals surface area contributed by atoms with Gasteiger partial charge in [-0.15, -0.1) is 0 Å². The lowest BCUT2D eigenvalue weighted by Gasteiger charge is -2.32. The quantitative estimate of drug-likeness (QED) is 0.594. The molecule has 0 aromatic heterocycles. The van der Waals surface area contributed by atoms with Crippen molar-refractivity contribution in [1.29, 1.82) is 0 Å². The number of nitrogens with zero attached hydrogens (tertiary/aromatic N) is 2. The van der Waals surface area contributed by atoms with Crippen LogP contribution in [0.2, 0.25) is 0 Å². The summed E-state index contributed by atoms with van der Waals surface area (Å²) in [4.78, 5) is 7.39. The molecule has 0 amide bonds. The Kier molecular flexibility index (Phi) is 9.56. The highest BCUT2D eigenvalue weighted by Crippen LogP contribution is 2.20. The van der Waals surface area contributed by atoms with Crippen molar-refractivity contribution in [3.63, 3.8) is 0 Å². The van der Waals surface area contributed by atoms with Gasteiger partial charge in [0.2, 0.25) is 0 Å². The lowest BCUT2D eigenvalue weighted by molar-refractivity contribution is 0.167. The third-order valence-electron chi connectivity index (χ3n) is 5.14. The topological polar surface area (TPSA) is 15.6 Å². The predicted octanol–water partition coefficient (Wildman–Crippen LogP) is 5.38. The zero-order valence-corrected chi connectivity index (χ0v) is 14.5. The van der Waals surface area contributed by atoms with Crippen LogP contribution >= 0.6 is 0 Å². The van der Waals surface area contributed by atoms with Gasteiger partial charge < -0.3 is 4.90 Å². The molecule has 0 aromatic carbocycles. The summed E-state index contributed by atoms with van der Waals surface area (Å²) >= 11 is 0. The van der Waals surface area contributed by atoms with Crippen molar-refractivity contribution in [2.24, 2.45) is 4.99 Å². The monoisotopic (exact) mass is 304 g/mol. The van der Waals surface area contributed by atoms with Crippen molar-refractivity contribution >= 4 is 6.21 Å². The fraction of sp³-hybridized carbons (Fsp3) is 0.850. The molecule has 1 atom stereocenters. The highest BCUT2D eigenvalue weighted by Gasteiger charge is 2.17. The minimum absolute atomic E-state index is 0.830. The largest absolute Gasteiger partial charge is 0.300 e. The summed E-state index contributed by atoms with van der Waals surface area (Å²) in [6, 6.07) is 0.830. The molecule has 22 heavy (non-hydrogen) atoms.